The molecule has 3 aromatic carbocycles. The highest BCUT2D eigenvalue weighted by Crippen LogP contribution is 2.58. The van der Waals surface area contributed by atoms with Gasteiger partial charge in [-0.25, -0.2) is 9.78 Å². The Balaban J connectivity index is 1.08. The molecule has 1 saturated carbocycles. The maximum Gasteiger partial charge on any atom is 0.534 e. The molecular formula is C37H37F3N4O6S. The van der Waals surface area contributed by atoms with Crippen LogP contribution in [0.4, 0.5) is 18.0 Å². The molecule has 10 nitrogen and oxygen atoms in total. The Morgan fingerprint density at radius 3 is 2.31 bits per heavy atom. The summed E-state index contributed by atoms with van der Waals surface area (Å²) in [6.45, 7) is 4.25. The van der Waals surface area contributed by atoms with Gasteiger partial charge in [-0.2, -0.15) is 21.6 Å². The van der Waals surface area contributed by atoms with Gasteiger partial charge in [-0.3, -0.25) is 4.79 Å². The average Bonchev–Trinajstić information content (AvgIpc) is 3.92. The van der Waals surface area contributed by atoms with Crippen LogP contribution in [0.15, 0.2) is 72.9 Å². The van der Waals surface area contributed by atoms with Gasteiger partial charge in [-0.1, -0.05) is 62.4 Å². The second kappa shape index (κ2) is 13.4. The molecule has 4 atom stereocenters. The summed E-state index contributed by atoms with van der Waals surface area (Å²) in [5, 5.41) is 2.74. The standard InChI is InChI=1S/C37H37F3N4O6S/c1-21(2)33(43-36(46)49-26-7-4-3-5-8-26)35(45)44-18-6-9-29(44)34-41-20-28(42-34)23-12-10-22(11-13-23)27-16-17-30(50-51(47,48)37(38,39)40)32-25-15-14-24(19-25)31(27)32/h3-5,7-8,10-13,16-17,20-21,24-25,29,33H,6,9,14-15,18-19H2,1-2H3,(H,41,42)(H,43,46)/t24?,25?,29-,33-/m0/s1. The van der Waals surface area contributed by atoms with Crippen LogP contribution in [0.1, 0.15) is 80.8 Å². The number of fused-ring (bicyclic) bond motifs is 5. The van der Waals surface area contributed by atoms with E-state index in [1.165, 1.54) is 6.07 Å². The van der Waals surface area contributed by atoms with Crippen LogP contribution < -0.4 is 14.2 Å². The van der Waals surface area contributed by atoms with Gasteiger partial charge in [0.2, 0.25) is 5.91 Å². The highest BCUT2D eigenvalue weighted by atomic mass is 32.2. The van der Waals surface area contributed by atoms with Gasteiger partial charge < -0.3 is 24.1 Å². The molecule has 268 valence electrons. The first kappa shape index (κ1) is 34.6. The predicted octanol–water partition coefficient (Wildman–Crippen LogP) is 7.81. The van der Waals surface area contributed by atoms with Crippen molar-refractivity contribution in [2.24, 2.45) is 5.92 Å². The maximum absolute atomic E-state index is 13.8. The van der Waals surface area contributed by atoms with E-state index < -0.39 is 27.8 Å². The minimum Gasteiger partial charge on any atom is -0.410 e. The fourth-order valence-corrected chi connectivity index (χ4v) is 8.19. The summed E-state index contributed by atoms with van der Waals surface area (Å²) in [6.07, 6.45) is 4.88. The number of imidazole rings is 1. The van der Waals surface area contributed by atoms with Gasteiger partial charge in [0.1, 0.15) is 23.4 Å². The molecule has 7 rings (SSSR count). The van der Waals surface area contributed by atoms with Crippen LogP contribution in [0.2, 0.25) is 0 Å². The van der Waals surface area contributed by atoms with Crippen LogP contribution in [-0.4, -0.2) is 53.4 Å². The number of hydrogen-bond donors (Lipinski definition) is 2. The van der Waals surface area contributed by atoms with E-state index in [2.05, 4.69) is 19.5 Å². The molecule has 51 heavy (non-hydrogen) atoms. The number of alkyl halides is 3. The Kier molecular flexibility index (Phi) is 9.06. The molecule has 3 aliphatic rings. The van der Waals surface area contributed by atoms with Crippen LogP contribution in [0.3, 0.4) is 0 Å². The predicted molar refractivity (Wildman–Crippen MR) is 182 cm³/mol. The summed E-state index contributed by atoms with van der Waals surface area (Å²) in [7, 11) is -5.79. The minimum atomic E-state index is -5.79. The van der Waals surface area contributed by atoms with E-state index in [0.29, 0.717) is 30.1 Å². The number of rotatable bonds is 9. The topological polar surface area (TPSA) is 131 Å². The molecule has 4 aromatic rings. The SMILES string of the molecule is CC(C)[C@H](NC(=O)Oc1ccccc1)C(=O)N1CCC[C@H]1c1ncc(-c2ccc(-c3ccc(OS(=O)(=O)C(F)(F)F)c4c3C3CCC4C3)cc2)[nH]1. The molecule has 1 aromatic heterocycles. The number of amides is 2. The summed E-state index contributed by atoms with van der Waals surface area (Å²) in [4.78, 5) is 36.2. The molecule has 0 spiro atoms. The lowest BCUT2D eigenvalue weighted by molar-refractivity contribution is -0.135. The van der Waals surface area contributed by atoms with Crippen molar-refractivity contribution in [3.63, 3.8) is 0 Å². The largest absolute Gasteiger partial charge is 0.534 e. The lowest BCUT2D eigenvalue weighted by atomic mass is 9.85. The number of aromatic nitrogens is 2. The third-order valence-electron chi connectivity index (χ3n) is 10.1. The van der Waals surface area contributed by atoms with Gasteiger partial charge >= 0.3 is 21.7 Å². The molecule has 0 radical (unpaired) electrons. The van der Waals surface area contributed by atoms with Crippen LogP contribution in [-0.2, 0) is 14.9 Å². The zero-order valence-electron chi connectivity index (χ0n) is 27.9. The Morgan fingerprint density at radius 2 is 1.63 bits per heavy atom. The molecular weight excluding hydrogens is 685 g/mol. The number of benzene rings is 3. The maximum atomic E-state index is 13.8. The van der Waals surface area contributed by atoms with Crippen LogP contribution in [0.25, 0.3) is 22.4 Å². The molecule has 1 saturated heterocycles. The number of aromatic amines is 1. The first-order valence-electron chi connectivity index (χ1n) is 17.0. The fourth-order valence-electron chi connectivity index (χ4n) is 7.71. The molecule has 2 heterocycles. The number of likely N-dealkylation sites (tertiary alicyclic amines) is 1. The van der Waals surface area contributed by atoms with Gasteiger partial charge in [0.15, 0.2) is 0 Å². The number of H-pyrrole nitrogens is 1. The number of nitrogens with zero attached hydrogens (tertiary/aromatic N) is 2. The van der Waals surface area contributed by atoms with E-state index in [-0.39, 0.29) is 35.5 Å². The van der Waals surface area contributed by atoms with E-state index in [4.69, 9.17) is 4.74 Å². The second-order valence-corrected chi connectivity index (χ2v) is 15.2. The number of carbonyl (C=O) groups excluding carboxylic acids is 2. The van der Waals surface area contributed by atoms with Crippen LogP contribution in [0.5, 0.6) is 11.5 Å². The number of hydrogen-bond acceptors (Lipinski definition) is 7. The van der Waals surface area contributed by atoms with Crippen molar-refractivity contribution < 1.29 is 40.1 Å². The van der Waals surface area contributed by atoms with E-state index in [0.717, 1.165) is 53.6 Å². The molecule has 2 amide bonds. The van der Waals surface area contributed by atoms with Gasteiger partial charge in [0.05, 0.1) is 17.9 Å². The molecule has 2 aliphatic carbocycles. The minimum absolute atomic E-state index is 0.0529. The van der Waals surface area contributed by atoms with Crippen molar-refractivity contribution >= 4 is 22.1 Å². The monoisotopic (exact) mass is 722 g/mol. The van der Waals surface area contributed by atoms with Crippen molar-refractivity contribution in [3.05, 3.63) is 89.9 Å². The van der Waals surface area contributed by atoms with Crippen molar-refractivity contribution in [1.29, 1.82) is 0 Å². The lowest BCUT2D eigenvalue weighted by Crippen LogP contribution is -2.51. The van der Waals surface area contributed by atoms with Gasteiger partial charge in [-0.15, -0.1) is 0 Å². The van der Waals surface area contributed by atoms with Gasteiger partial charge in [0, 0.05) is 12.1 Å². The molecule has 2 bridgehead atoms. The summed E-state index contributed by atoms with van der Waals surface area (Å²) in [6, 6.07) is 18.2. The molecule has 2 fully saturated rings. The van der Waals surface area contributed by atoms with Crippen LogP contribution in [0, 0.1) is 5.92 Å². The van der Waals surface area contributed by atoms with Crippen LogP contribution >= 0.6 is 0 Å². The first-order chi connectivity index (χ1) is 24.3. The lowest BCUT2D eigenvalue weighted by Gasteiger charge is -2.30. The fraction of sp³-hybridized carbons (Fsp3) is 0.378. The summed E-state index contributed by atoms with van der Waals surface area (Å²) < 4.78 is 73.1. The van der Waals surface area contributed by atoms with Crippen molar-refractivity contribution in [2.75, 3.05) is 6.54 Å². The van der Waals surface area contributed by atoms with Crippen molar-refractivity contribution in [2.45, 2.75) is 75.4 Å². The third-order valence-corrected chi connectivity index (χ3v) is 11.1. The van der Waals surface area contributed by atoms with Gasteiger partial charge in [0.25, 0.3) is 0 Å². The number of halogens is 3. The summed E-state index contributed by atoms with van der Waals surface area (Å²) in [5.41, 5.74) is -0.843. The third kappa shape index (κ3) is 6.68. The van der Waals surface area contributed by atoms with E-state index in [1.54, 1.807) is 41.4 Å². The molecule has 1 aliphatic heterocycles. The number of ether oxygens (including phenoxy) is 1. The smallest absolute Gasteiger partial charge is 0.410 e. The average molecular weight is 723 g/mol. The molecule has 2 N–H and O–H groups in total. The molecule has 2 unspecified atom stereocenters. The Hall–Kier alpha value is -4.85. The number of nitrogens with one attached hydrogen (secondary N) is 2. The number of para-hydroxylation sites is 1. The Labute approximate surface area is 293 Å². The van der Waals surface area contributed by atoms with Gasteiger partial charge in [-0.05, 0) is 90.3 Å². The first-order valence-corrected chi connectivity index (χ1v) is 18.4. The number of carbonyl (C=O) groups is 2. The zero-order valence-corrected chi connectivity index (χ0v) is 28.8. The Morgan fingerprint density at radius 1 is 0.941 bits per heavy atom. The normalized spacial score (nSPS) is 20.4. The quantitative estimate of drug-likeness (QED) is 0.133. The summed E-state index contributed by atoms with van der Waals surface area (Å²) >= 11 is 0. The van der Waals surface area contributed by atoms with Crippen molar-refractivity contribution in [3.8, 4) is 33.9 Å². The van der Waals surface area contributed by atoms with E-state index in [9.17, 15) is 31.2 Å². The Bertz CT molecular complexity index is 2050. The zero-order chi connectivity index (χ0) is 36.1. The summed E-state index contributed by atoms with van der Waals surface area (Å²) in [5.74, 6) is 0.414. The highest BCUT2D eigenvalue weighted by molar-refractivity contribution is 7.88. The van der Waals surface area contributed by atoms with E-state index >= 15 is 0 Å². The van der Waals surface area contributed by atoms with E-state index in [1.807, 2.05) is 44.2 Å². The van der Waals surface area contributed by atoms with Crippen molar-refractivity contribution in [1.82, 2.24) is 20.2 Å². The highest BCUT2D eigenvalue weighted by Gasteiger charge is 2.50. The second-order valence-electron chi connectivity index (χ2n) is 13.6. The molecule has 14 heteroatoms.